The van der Waals surface area contributed by atoms with Crippen LogP contribution in [0.15, 0.2) is 79.3 Å². The van der Waals surface area contributed by atoms with E-state index in [2.05, 4.69) is 52.4 Å². The average Bonchev–Trinajstić information content (AvgIpc) is 3.36. The first-order chi connectivity index (χ1) is 17.5. The van der Waals surface area contributed by atoms with Crippen molar-refractivity contribution in [3.05, 3.63) is 118 Å². The van der Waals surface area contributed by atoms with Crippen LogP contribution in [0.4, 0.5) is 0 Å². The van der Waals surface area contributed by atoms with Crippen molar-refractivity contribution in [3.8, 4) is 23.3 Å². The molecule has 1 atom stereocenters. The molecule has 172 valence electrons. The highest BCUT2D eigenvalue weighted by Gasteiger charge is 2.35. The van der Waals surface area contributed by atoms with E-state index in [1.807, 2.05) is 48.0 Å². The number of hydrogen-bond donors (Lipinski definition) is 1. The van der Waals surface area contributed by atoms with Crippen molar-refractivity contribution < 1.29 is 0 Å². The van der Waals surface area contributed by atoms with E-state index >= 15 is 0 Å². The summed E-state index contributed by atoms with van der Waals surface area (Å²) >= 11 is 0. The van der Waals surface area contributed by atoms with Crippen LogP contribution in [-0.4, -0.2) is 14.5 Å². The molecular formula is C30H22N6. The van der Waals surface area contributed by atoms with Crippen LogP contribution >= 0.6 is 0 Å². The number of nitrogens with zero attached hydrogens (tertiary/aromatic N) is 5. The highest BCUT2D eigenvalue weighted by molar-refractivity contribution is 5.96. The first-order valence-corrected chi connectivity index (χ1v) is 11.7. The average molecular weight is 467 g/mol. The van der Waals surface area contributed by atoms with Crippen LogP contribution in [0.2, 0.25) is 0 Å². The van der Waals surface area contributed by atoms with Crippen LogP contribution in [0.25, 0.3) is 22.0 Å². The molecule has 36 heavy (non-hydrogen) atoms. The molecule has 0 unspecified atom stereocenters. The van der Waals surface area contributed by atoms with Gasteiger partial charge in [-0.15, -0.1) is 0 Å². The van der Waals surface area contributed by atoms with Gasteiger partial charge in [-0.25, -0.2) is 9.97 Å². The van der Waals surface area contributed by atoms with Gasteiger partial charge < -0.3 is 10.3 Å². The quantitative estimate of drug-likeness (QED) is 0.385. The zero-order chi connectivity index (χ0) is 24.9. The molecule has 0 fully saturated rings. The fourth-order valence-corrected chi connectivity index (χ4v) is 5.30. The van der Waals surface area contributed by atoms with Gasteiger partial charge in [-0.3, -0.25) is 0 Å². The molecular weight excluding hydrogens is 444 g/mol. The molecule has 0 radical (unpaired) electrons. The van der Waals surface area contributed by atoms with Gasteiger partial charge in [0.25, 0.3) is 0 Å². The Morgan fingerprint density at radius 2 is 1.78 bits per heavy atom. The zero-order valence-corrected chi connectivity index (χ0v) is 19.7. The molecule has 0 amide bonds. The fraction of sp³-hybridized carbons (Fsp3) is 0.133. The highest BCUT2D eigenvalue weighted by Crippen LogP contribution is 2.39. The number of rotatable bonds is 1. The van der Waals surface area contributed by atoms with Crippen molar-refractivity contribution in [2.24, 2.45) is 12.8 Å². The maximum absolute atomic E-state index is 9.82. The van der Waals surface area contributed by atoms with Gasteiger partial charge in [0.1, 0.15) is 17.3 Å². The largest absolute Gasteiger partial charge is 0.336 e. The van der Waals surface area contributed by atoms with Crippen LogP contribution < -0.4 is 5.73 Å². The van der Waals surface area contributed by atoms with E-state index in [9.17, 15) is 10.5 Å². The van der Waals surface area contributed by atoms with Crippen molar-refractivity contribution in [2.75, 3.05) is 0 Å². The second-order valence-corrected chi connectivity index (χ2v) is 9.28. The third-order valence-corrected chi connectivity index (χ3v) is 7.20. The van der Waals surface area contributed by atoms with Crippen molar-refractivity contribution in [3.63, 3.8) is 0 Å². The second kappa shape index (κ2) is 8.16. The summed E-state index contributed by atoms with van der Waals surface area (Å²) < 4.78 is 1.93. The molecule has 0 saturated heterocycles. The van der Waals surface area contributed by atoms with Crippen molar-refractivity contribution >= 4 is 10.9 Å². The number of pyridine rings is 1. The smallest absolute Gasteiger partial charge is 0.141 e. The summed E-state index contributed by atoms with van der Waals surface area (Å²) in [6, 6.07) is 26.6. The van der Waals surface area contributed by atoms with Gasteiger partial charge in [0.15, 0.2) is 0 Å². The van der Waals surface area contributed by atoms with Crippen LogP contribution in [0.3, 0.4) is 0 Å². The Morgan fingerprint density at radius 3 is 2.56 bits per heavy atom. The minimum absolute atomic E-state index is 0.371. The number of benzene rings is 3. The Labute approximate surface area is 208 Å². The normalized spacial score (nSPS) is 16.4. The van der Waals surface area contributed by atoms with E-state index in [1.165, 1.54) is 0 Å². The monoisotopic (exact) mass is 466 g/mol. The first-order valence-electron chi connectivity index (χ1n) is 11.7. The van der Waals surface area contributed by atoms with E-state index in [0.29, 0.717) is 17.7 Å². The number of nitriles is 2. The lowest BCUT2D eigenvalue weighted by Crippen LogP contribution is -2.41. The lowest BCUT2D eigenvalue weighted by atomic mass is 9.79. The summed E-state index contributed by atoms with van der Waals surface area (Å²) in [5.41, 5.74) is 14.8. The summed E-state index contributed by atoms with van der Waals surface area (Å²) in [6.45, 7) is 0. The van der Waals surface area contributed by atoms with Crippen LogP contribution in [0, 0.1) is 22.7 Å². The SMILES string of the molecule is Cn1cncc1[C@@]1(N)c2ccc(C#N)c(c2)CCc2cccc(c2)-c2cc(C#N)nc3ccc1cc23. The molecule has 6 nitrogen and oxygen atoms in total. The molecule has 3 aromatic carbocycles. The lowest BCUT2D eigenvalue weighted by molar-refractivity contribution is 0.595. The number of aromatic nitrogens is 3. The van der Waals surface area contributed by atoms with Gasteiger partial charge in [-0.05, 0) is 70.5 Å². The fourth-order valence-electron chi connectivity index (χ4n) is 5.30. The Bertz CT molecular complexity index is 1750. The Balaban J connectivity index is 1.75. The second-order valence-electron chi connectivity index (χ2n) is 9.28. The first kappa shape index (κ1) is 21.7. The number of imidazole rings is 1. The van der Waals surface area contributed by atoms with Gasteiger partial charge in [0.2, 0.25) is 0 Å². The standard InChI is InChI=1S/C30H22N6/c1-36-18-34-17-29(36)30(33)23-8-7-22(15-31)20(12-23)6-5-19-3-2-4-21(11-19)26-14-25(16-32)35-28-10-9-24(30)13-27(26)28/h2-4,7-14,17-18H,5-6,33H2,1H3/t30-/m1/s1. The van der Waals surface area contributed by atoms with E-state index in [4.69, 9.17) is 5.73 Å². The van der Waals surface area contributed by atoms with Crippen LogP contribution in [0.1, 0.15) is 39.2 Å². The summed E-state index contributed by atoms with van der Waals surface area (Å²) in [4.78, 5) is 8.94. The van der Waals surface area contributed by atoms with Crippen molar-refractivity contribution in [1.82, 2.24) is 14.5 Å². The molecule has 0 saturated carbocycles. The van der Waals surface area contributed by atoms with Crippen molar-refractivity contribution in [2.45, 2.75) is 18.4 Å². The molecule has 2 aromatic heterocycles. The minimum atomic E-state index is -1.03. The molecule has 6 bridgehead atoms. The Morgan fingerprint density at radius 1 is 0.944 bits per heavy atom. The summed E-state index contributed by atoms with van der Waals surface area (Å²) in [5.74, 6) is 0. The maximum atomic E-state index is 9.82. The predicted molar refractivity (Wildman–Crippen MR) is 138 cm³/mol. The number of fused-ring (bicyclic) bond motifs is 6. The van der Waals surface area contributed by atoms with Gasteiger partial charge in [-0.1, -0.05) is 42.5 Å². The molecule has 6 heteroatoms. The molecule has 2 heterocycles. The summed E-state index contributed by atoms with van der Waals surface area (Å²) in [7, 11) is 1.93. The topological polar surface area (TPSA) is 104 Å². The van der Waals surface area contributed by atoms with E-state index < -0.39 is 5.54 Å². The molecule has 2 N–H and O–H groups in total. The summed E-state index contributed by atoms with van der Waals surface area (Å²) in [5, 5.41) is 20.4. The van der Waals surface area contributed by atoms with Crippen molar-refractivity contribution in [1.29, 1.82) is 10.5 Å². The molecule has 1 aliphatic carbocycles. The Kier molecular flexibility index (Phi) is 4.93. The zero-order valence-electron chi connectivity index (χ0n) is 19.7. The summed E-state index contributed by atoms with van der Waals surface area (Å²) in [6.07, 6.45) is 5.01. The molecule has 0 aliphatic heterocycles. The van der Waals surface area contributed by atoms with Gasteiger partial charge >= 0.3 is 0 Å². The number of hydrogen-bond acceptors (Lipinski definition) is 5. The van der Waals surface area contributed by atoms with Gasteiger partial charge in [0.05, 0.1) is 35.4 Å². The number of aryl methyl sites for hydroxylation is 3. The van der Waals surface area contributed by atoms with E-state index in [-0.39, 0.29) is 0 Å². The molecule has 1 aliphatic rings. The van der Waals surface area contributed by atoms with Gasteiger partial charge in [0, 0.05) is 12.4 Å². The van der Waals surface area contributed by atoms with Crippen LogP contribution in [0.5, 0.6) is 0 Å². The van der Waals surface area contributed by atoms with Crippen LogP contribution in [-0.2, 0) is 25.4 Å². The third kappa shape index (κ3) is 3.28. The predicted octanol–water partition coefficient (Wildman–Crippen LogP) is 4.73. The van der Waals surface area contributed by atoms with Gasteiger partial charge in [-0.2, -0.15) is 10.5 Å². The highest BCUT2D eigenvalue weighted by atomic mass is 15.1. The van der Waals surface area contributed by atoms with E-state index in [0.717, 1.165) is 56.4 Å². The maximum Gasteiger partial charge on any atom is 0.141 e. The number of nitrogens with two attached hydrogens (primary N) is 1. The minimum Gasteiger partial charge on any atom is -0.336 e. The van der Waals surface area contributed by atoms with E-state index in [1.54, 1.807) is 12.5 Å². The third-order valence-electron chi connectivity index (χ3n) is 7.20. The molecule has 6 rings (SSSR count). The Hall–Kier alpha value is -4.78. The molecule has 0 spiro atoms. The lowest BCUT2D eigenvalue weighted by Gasteiger charge is -2.32. The molecule has 5 aromatic rings.